The van der Waals surface area contributed by atoms with Gasteiger partial charge < -0.3 is 20.5 Å². The first kappa shape index (κ1) is 29.7. The average Bonchev–Trinajstić information content (AvgIpc) is 2.95. The van der Waals surface area contributed by atoms with Crippen LogP contribution in [0.1, 0.15) is 25.7 Å². The van der Waals surface area contributed by atoms with E-state index in [1.807, 2.05) is 0 Å². The summed E-state index contributed by atoms with van der Waals surface area (Å²) in [6.45, 7) is 3.86. The van der Waals surface area contributed by atoms with Crippen molar-refractivity contribution in [2.75, 3.05) is 31.0 Å². The van der Waals surface area contributed by atoms with Crippen molar-refractivity contribution in [1.29, 1.82) is 0 Å². The lowest BCUT2D eigenvalue weighted by Gasteiger charge is -2.31. The fourth-order valence-electron chi connectivity index (χ4n) is 4.38. The molecule has 0 aliphatic rings. The molecule has 3 N–H and O–H groups in total. The molecular weight excluding hydrogens is 567 g/mol. The molecule has 3 aromatic carbocycles. The van der Waals surface area contributed by atoms with Crippen molar-refractivity contribution in [1.82, 2.24) is 9.55 Å². The van der Waals surface area contributed by atoms with Crippen LogP contribution in [-0.4, -0.2) is 42.2 Å². The Morgan fingerprint density at radius 1 is 1.07 bits per heavy atom. The number of amidine groups is 1. The molecule has 0 bridgehead atoms. The van der Waals surface area contributed by atoms with Gasteiger partial charge in [0, 0.05) is 28.3 Å². The van der Waals surface area contributed by atoms with Gasteiger partial charge in [-0.2, -0.15) is 0 Å². The fourth-order valence-corrected chi connectivity index (χ4v) is 4.68. The Labute approximate surface area is 247 Å². The van der Waals surface area contributed by atoms with Crippen molar-refractivity contribution in [2.45, 2.75) is 26.4 Å². The lowest BCUT2D eigenvalue weighted by Crippen LogP contribution is -2.40. The van der Waals surface area contributed by atoms with E-state index in [2.05, 4.69) is 10.3 Å². The number of anilines is 2. The third kappa shape index (κ3) is 6.72. The van der Waals surface area contributed by atoms with Crippen LogP contribution in [0.5, 0.6) is 11.5 Å². The van der Waals surface area contributed by atoms with Gasteiger partial charge >= 0.3 is 6.03 Å². The number of carbonyl (C=O) groups excluding carboxylic acids is 1. The van der Waals surface area contributed by atoms with E-state index in [9.17, 15) is 9.59 Å². The Hall–Kier alpha value is -4.28. The number of rotatable bonds is 9. The molecule has 41 heavy (non-hydrogen) atoms. The summed E-state index contributed by atoms with van der Waals surface area (Å²) in [7, 11) is 3.04. The zero-order valence-corrected chi connectivity index (χ0v) is 24.5. The molecule has 0 aliphatic carbocycles. The third-order valence-electron chi connectivity index (χ3n) is 6.35. The minimum atomic E-state index is -0.764. The first-order chi connectivity index (χ1) is 19.6. The summed E-state index contributed by atoms with van der Waals surface area (Å²) in [4.78, 5) is 38.3. The minimum Gasteiger partial charge on any atom is -0.497 e. The Morgan fingerprint density at radius 2 is 1.78 bits per heavy atom. The first-order valence-corrected chi connectivity index (χ1v) is 13.4. The average molecular weight is 598 g/mol. The second-order valence-corrected chi connectivity index (χ2v) is 10.0. The highest BCUT2D eigenvalue weighted by atomic mass is 35.5. The lowest BCUT2D eigenvalue weighted by atomic mass is 10.1. The number of nitrogens with one attached hydrogen (secondary N) is 1. The Balaban J connectivity index is 1.90. The maximum atomic E-state index is 14.0. The van der Waals surface area contributed by atoms with Crippen LogP contribution in [0, 0.1) is 0 Å². The van der Waals surface area contributed by atoms with Crippen LogP contribution < -0.4 is 31.0 Å². The van der Waals surface area contributed by atoms with Crippen LogP contribution in [0.25, 0.3) is 10.9 Å². The molecule has 0 radical (unpaired) electrons. The van der Waals surface area contributed by atoms with Crippen LogP contribution in [0.2, 0.25) is 10.0 Å². The van der Waals surface area contributed by atoms with Gasteiger partial charge in [-0.3, -0.25) is 19.3 Å². The topological polar surface area (TPSA) is 124 Å². The zero-order chi connectivity index (χ0) is 29.7. The highest BCUT2D eigenvalue weighted by Gasteiger charge is 2.30. The van der Waals surface area contributed by atoms with Crippen molar-refractivity contribution in [3.05, 3.63) is 86.9 Å². The third-order valence-corrected chi connectivity index (χ3v) is 6.84. The maximum Gasteiger partial charge on any atom is 0.327 e. The number of hydrogen-bond donors (Lipinski definition) is 2. The lowest BCUT2D eigenvalue weighted by molar-refractivity contribution is 0.254. The van der Waals surface area contributed by atoms with Crippen LogP contribution in [0.3, 0.4) is 0 Å². The SMILES string of the molecule is COc1ccc(N(C(=O)Nc2ccc(Cl)cc2)C(C)c2nc3ccc(Cl)cc3c(=O)n2CCN=C(C)N)c(OC)c1. The van der Waals surface area contributed by atoms with Crippen molar-refractivity contribution in [3.8, 4) is 11.5 Å². The highest BCUT2D eigenvalue weighted by Crippen LogP contribution is 2.37. The fraction of sp³-hybridized carbons (Fsp3) is 0.241. The highest BCUT2D eigenvalue weighted by molar-refractivity contribution is 6.31. The van der Waals surface area contributed by atoms with Gasteiger partial charge in [-0.25, -0.2) is 9.78 Å². The number of benzene rings is 3. The monoisotopic (exact) mass is 596 g/mol. The van der Waals surface area contributed by atoms with Crippen molar-refractivity contribution < 1.29 is 14.3 Å². The summed E-state index contributed by atoms with van der Waals surface area (Å²) in [5.74, 6) is 1.64. The molecule has 4 aromatic rings. The number of amides is 2. The summed E-state index contributed by atoms with van der Waals surface area (Å²) in [5, 5.41) is 4.20. The van der Waals surface area contributed by atoms with Gasteiger partial charge in [0.15, 0.2) is 0 Å². The smallest absolute Gasteiger partial charge is 0.327 e. The van der Waals surface area contributed by atoms with Gasteiger partial charge in [-0.15, -0.1) is 0 Å². The summed E-state index contributed by atoms with van der Waals surface area (Å²) < 4.78 is 12.5. The van der Waals surface area contributed by atoms with Crippen LogP contribution >= 0.6 is 23.2 Å². The molecule has 0 saturated carbocycles. The van der Waals surface area contributed by atoms with E-state index in [1.54, 1.807) is 74.5 Å². The van der Waals surface area contributed by atoms with Crippen LogP contribution in [-0.2, 0) is 6.54 Å². The summed E-state index contributed by atoms with van der Waals surface area (Å²) >= 11 is 12.2. The number of ether oxygens (including phenoxy) is 2. The number of fused-ring (bicyclic) bond motifs is 1. The molecule has 0 fully saturated rings. The predicted octanol–water partition coefficient (Wildman–Crippen LogP) is 5.90. The second-order valence-electron chi connectivity index (χ2n) is 9.13. The van der Waals surface area contributed by atoms with Gasteiger partial charge in [-0.1, -0.05) is 23.2 Å². The molecule has 1 heterocycles. The molecule has 12 heteroatoms. The summed E-state index contributed by atoms with van der Waals surface area (Å²) in [6.07, 6.45) is 0. The Kier molecular flexibility index (Phi) is 9.36. The summed E-state index contributed by atoms with van der Waals surface area (Å²) in [6, 6.07) is 15.5. The molecule has 1 atom stereocenters. The number of methoxy groups -OCH3 is 2. The quantitative estimate of drug-likeness (QED) is 0.183. The van der Waals surface area contributed by atoms with E-state index in [4.69, 9.17) is 43.4 Å². The van der Waals surface area contributed by atoms with Gasteiger partial charge in [-0.05, 0) is 68.4 Å². The van der Waals surface area contributed by atoms with E-state index in [-0.39, 0.29) is 18.6 Å². The predicted molar refractivity (Wildman–Crippen MR) is 164 cm³/mol. The molecule has 4 rings (SSSR count). The van der Waals surface area contributed by atoms with Gasteiger partial charge in [0.25, 0.3) is 5.56 Å². The molecule has 1 aromatic heterocycles. The number of aliphatic imine (C=N–C) groups is 1. The van der Waals surface area contributed by atoms with Gasteiger partial charge in [0.05, 0.1) is 49.2 Å². The Morgan fingerprint density at radius 3 is 2.44 bits per heavy atom. The number of carbonyl (C=O) groups is 1. The molecule has 0 spiro atoms. The number of urea groups is 1. The maximum absolute atomic E-state index is 14.0. The Bertz CT molecular complexity index is 1650. The molecule has 2 amide bonds. The number of nitrogens with two attached hydrogens (primary N) is 1. The van der Waals surface area contributed by atoms with E-state index < -0.39 is 12.1 Å². The molecule has 214 valence electrons. The number of nitrogens with zero attached hydrogens (tertiary/aromatic N) is 4. The van der Waals surface area contributed by atoms with Gasteiger partial charge in [0.1, 0.15) is 17.3 Å². The largest absolute Gasteiger partial charge is 0.497 e. The normalized spacial score (nSPS) is 12.2. The van der Waals surface area contributed by atoms with E-state index in [0.717, 1.165) is 0 Å². The van der Waals surface area contributed by atoms with Gasteiger partial charge in [0.2, 0.25) is 0 Å². The molecule has 0 aliphatic heterocycles. The number of aromatic nitrogens is 2. The van der Waals surface area contributed by atoms with E-state index in [0.29, 0.717) is 55.5 Å². The van der Waals surface area contributed by atoms with Crippen molar-refractivity contribution in [3.63, 3.8) is 0 Å². The van der Waals surface area contributed by atoms with Crippen LogP contribution in [0.15, 0.2) is 70.5 Å². The van der Waals surface area contributed by atoms with E-state index >= 15 is 0 Å². The zero-order valence-electron chi connectivity index (χ0n) is 23.0. The first-order valence-electron chi connectivity index (χ1n) is 12.7. The molecular formula is C29H30Cl2N6O4. The van der Waals surface area contributed by atoms with E-state index in [1.165, 1.54) is 23.7 Å². The number of hydrogen-bond acceptors (Lipinski definition) is 6. The van der Waals surface area contributed by atoms with Crippen molar-refractivity contribution >= 4 is 57.3 Å². The minimum absolute atomic E-state index is 0.175. The molecule has 1 unspecified atom stereocenters. The second kappa shape index (κ2) is 12.9. The van der Waals surface area contributed by atoms with Crippen LogP contribution in [0.4, 0.5) is 16.2 Å². The summed E-state index contributed by atoms with van der Waals surface area (Å²) in [5.41, 5.74) is 6.82. The molecule has 10 nitrogen and oxygen atoms in total. The molecule has 0 saturated heterocycles. The standard InChI is InChI=1S/C29H30Cl2N6O4/c1-17(27-35-24-11-7-20(31)15-23(24)28(38)36(27)14-13-33-18(2)32)37(25-12-10-22(40-3)16-26(25)41-4)29(39)34-21-8-5-19(30)6-9-21/h5-12,15-17H,13-14H2,1-4H3,(H2,32,33)(H,34,39). The van der Waals surface area contributed by atoms with Crippen molar-refractivity contribution in [2.24, 2.45) is 10.7 Å². The number of halogens is 2.